The monoisotopic (exact) mass is 346 g/mol. The Morgan fingerprint density at radius 1 is 0.955 bits per heavy atom. The third-order valence-corrected chi connectivity index (χ3v) is 4.68. The lowest BCUT2D eigenvalue weighted by Gasteiger charge is -2.01. The Balaban J connectivity index is 1.88. The molecule has 0 bridgehead atoms. The summed E-state index contributed by atoms with van der Waals surface area (Å²) in [6, 6.07) is 15.2. The lowest BCUT2D eigenvalue weighted by molar-refractivity contribution is 0.971. The molecule has 0 unspecified atom stereocenters. The van der Waals surface area contributed by atoms with E-state index >= 15 is 0 Å². The predicted octanol–water partition coefficient (Wildman–Crippen LogP) is 4.83. The van der Waals surface area contributed by atoms with Gasteiger partial charge in [0.25, 0.3) is 0 Å². The number of aromatic nitrogens is 4. The molecule has 22 heavy (non-hydrogen) atoms. The number of halogens is 2. The van der Waals surface area contributed by atoms with Gasteiger partial charge in [0.2, 0.25) is 4.96 Å². The van der Waals surface area contributed by atoms with Crippen LogP contribution in [-0.4, -0.2) is 19.8 Å². The van der Waals surface area contributed by atoms with Gasteiger partial charge in [0, 0.05) is 16.1 Å². The van der Waals surface area contributed by atoms with Crippen molar-refractivity contribution in [3.63, 3.8) is 0 Å². The van der Waals surface area contributed by atoms with Gasteiger partial charge in [-0.15, -0.1) is 10.2 Å². The largest absolute Gasteiger partial charge is 0.235 e. The number of rotatable bonds is 2. The molecule has 0 saturated heterocycles. The molecule has 0 aliphatic carbocycles. The summed E-state index contributed by atoms with van der Waals surface area (Å²) in [6.45, 7) is 0. The van der Waals surface area contributed by atoms with Gasteiger partial charge in [-0.3, -0.25) is 0 Å². The highest BCUT2D eigenvalue weighted by Crippen LogP contribution is 2.32. The van der Waals surface area contributed by atoms with Crippen LogP contribution in [0.4, 0.5) is 0 Å². The van der Waals surface area contributed by atoms with E-state index in [0.717, 1.165) is 21.1 Å². The molecule has 108 valence electrons. The van der Waals surface area contributed by atoms with Gasteiger partial charge in [-0.05, 0) is 18.2 Å². The normalized spacial score (nSPS) is 11.2. The highest BCUT2D eigenvalue weighted by molar-refractivity contribution is 7.19. The van der Waals surface area contributed by atoms with Gasteiger partial charge >= 0.3 is 0 Å². The highest BCUT2D eigenvalue weighted by atomic mass is 35.5. The molecule has 0 aliphatic heterocycles. The molecule has 0 radical (unpaired) electrons. The second-order valence-electron chi connectivity index (χ2n) is 4.62. The Hall–Kier alpha value is -1.95. The number of nitrogens with zero attached hydrogens (tertiary/aromatic N) is 4. The van der Waals surface area contributed by atoms with Crippen LogP contribution in [0.5, 0.6) is 0 Å². The quantitative estimate of drug-likeness (QED) is 0.522. The van der Waals surface area contributed by atoms with Crippen molar-refractivity contribution in [1.29, 1.82) is 0 Å². The van der Waals surface area contributed by atoms with Crippen molar-refractivity contribution < 1.29 is 0 Å². The first-order chi connectivity index (χ1) is 10.7. The fraction of sp³-hybridized carbons (Fsp3) is 0. The first-order valence-corrected chi connectivity index (χ1v) is 8.03. The minimum atomic E-state index is 0.524. The molecular weight excluding hydrogens is 339 g/mol. The molecule has 4 rings (SSSR count). The topological polar surface area (TPSA) is 43.1 Å². The first kappa shape index (κ1) is 13.7. The molecule has 0 amide bonds. The summed E-state index contributed by atoms with van der Waals surface area (Å²) < 4.78 is 1.71. The van der Waals surface area contributed by atoms with Crippen LogP contribution >= 0.6 is 34.5 Å². The van der Waals surface area contributed by atoms with Crippen molar-refractivity contribution in [3.8, 4) is 22.0 Å². The third-order valence-electron chi connectivity index (χ3n) is 3.18. The molecule has 2 aromatic carbocycles. The van der Waals surface area contributed by atoms with E-state index in [9.17, 15) is 0 Å². The van der Waals surface area contributed by atoms with E-state index in [1.54, 1.807) is 16.6 Å². The molecular formula is C15H8Cl2N4S. The summed E-state index contributed by atoms with van der Waals surface area (Å²) in [5.74, 6) is 0.607. The SMILES string of the molecule is Clc1ccc(-c2nnc3sc(-c4ccccc4)nn23)c(Cl)c1. The van der Waals surface area contributed by atoms with Crippen molar-refractivity contribution in [2.24, 2.45) is 0 Å². The van der Waals surface area contributed by atoms with Crippen molar-refractivity contribution >= 4 is 39.5 Å². The van der Waals surface area contributed by atoms with Gasteiger partial charge in [0.1, 0.15) is 5.01 Å². The summed E-state index contributed by atoms with van der Waals surface area (Å²) in [5.41, 5.74) is 1.80. The van der Waals surface area contributed by atoms with E-state index in [-0.39, 0.29) is 0 Å². The summed E-state index contributed by atoms with van der Waals surface area (Å²) in [6.07, 6.45) is 0. The standard InChI is InChI=1S/C15H8Cl2N4S/c16-10-6-7-11(12(17)8-10)13-18-19-15-21(13)20-14(22-15)9-4-2-1-3-5-9/h1-8H. The molecule has 4 aromatic rings. The van der Waals surface area contributed by atoms with Crippen LogP contribution in [0.25, 0.3) is 26.9 Å². The summed E-state index contributed by atoms with van der Waals surface area (Å²) >= 11 is 13.7. The molecule has 0 aliphatic rings. The Morgan fingerprint density at radius 2 is 1.77 bits per heavy atom. The molecule has 0 spiro atoms. The van der Waals surface area contributed by atoms with Crippen LogP contribution in [0, 0.1) is 0 Å². The number of fused-ring (bicyclic) bond motifs is 1. The van der Waals surface area contributed by atoms with Crippen LogP contribution in [0.3, 0.4) is 0 Å². The van der Waals surface area contributed by atoms with Crippen molar-refractivity contribution in [1.82, 2.24) is 19.8 Å². The molecule has 0 fully saturated rings. The van der Waals surface area contributed by atoms with Crippen molar-refractivity contribution in [2.75, 3.05) is 0 Å². The van der Waals surface area contributed by atoms with E-state index in [4.69, 9.17) is 23.2 Å². The van der Waals surface area contributed by atoms with Crippen LogP contribution < -0.4 is 0 Å². The Kier molecular flexibility index (Phi) is 3.33. The van der Waals surface area contributed by atoms with Crippen molar-refractivity contribution in [2.45, 2.75) is 0 Å². The van der Waals surface area contributed by atoms with E-state index in [0.29, 0.717) is 15.9 Å². The van der Waals surface area contributed by atoms with Gasteiger partial charge in [-0.1, -0.05) is 64.9 Å². The molecule has 2 aromatic heterocycles. The van der Waals surface area contributed by atoms with Crippen LogP contribution in [0.15, 0.2) is 48.5 Å². The Labute approximate surface area is 140 Å². The lowest BCUT2D eigenvalue weighted by Crippen LogP contribution is -1.91. The molecule has 0 atom stereocenters. The number of hydrogen-bond donors (Lipinski definition) is 0. The Bertz CT molecular complexity index is 962. The number of benzene rings is 2. The van der Waals surface area contributed by atoms with E-state index < -0.39 is 0 Å². The minimum Gasteiger partial charge on any atom is -0.182 e. The summed E-state index contributed by atoms with van der Waals surface area (Å²) in [7, 11) is 0. The summed E-state index contributed by atoms with van der Waals surface area (Å²) in [4.78, 5) is 0.722. The van der Waals surface area contributed by atoms with Gasteiger partial charge in [-0.25, -0.2) is 0 Å². The smallest absolute Gasteiger partial charge is 0.182 e. The highest BCUT2D eigenvalue weighted by Gasteiger charge is 2.16. The van der Waals surface area contributed by atoms with Gasteiger partial charge in [0.15, 0.2) is 5.82 Å². The van der Waals surface area contributed by atoms with Crippen molar-refractivity contribution in [3.05, 3.63) is 58.6 Å². The molecule has 2 heterocycles. The predicted molar refractivity (Wildman–Crippen MR) is 89.6 cm³/mol. The average Bonchev–Trinajstić information content (AvgIpc) is 3.09. The zero-order valence-corrected chi connectivity index (χ0v) is 13.4. The average molecular weight is 347 g/mol. The van der Waals surface area contributed by atoms with Gasteiger partial charge in [0.05, 0.1) is 5.02 Å². The van der Waals surface area contributed by atoms with E-state index in [1.165, 1.54) is 11.3 Å². The maximum atomic E-state index is 6.26. The second kappa shape index (κ2) is 5.35. The second-order valence-corrected chi connectivity index (χ2v) is 6.41. The lowest BCUT2D eigenvalue weighted by atomic mass is 10.2. The molecule has 4 nitrogen and oxygen atoms in total. The maximum Gasteiger partial charge on any atom is 0.235 e. The Morgan fingerprint density at radius 3 is 2.55 bits per heavy atom. The minimum absolute atomic E-state index is 0.524. The molecule has 0 N–H and O–H groups in total. The van der Waals surface area contributed by atoms with Crippen LogP contribution in [-0.2, 0) is 0 Å². The van der Waals surface area contributed by atoms with Crippen LogP contribution in [0.2, 0.25) is 10.0 Å². The van der Waals surface area contributed by atoms with Crippen LogP contribution in [0.1, 0.15) is 0 Å². The maximum absolute atomic E-state index is 6.26. The van der Waals surface area contributed by atoms with Gasteiger partial charge in [-0.2, -0.15) is 9.61 Å². The van der Waals surface area contributed by atoms with E-state index in [1.807, 2.05) is 36.4 Å². The zero-order chi connectivity index (χ0) is 15.1. The van der Waals surface area contributed by atoms with Gasteiger partial charge < -0.3 is 0 Å². The molecule has 7 heteroatoms. The number of hydrogen-bond acceptors (Lipinski definition) is 4. The fourth-order valence-corrected chi connectivity index (χ4v) is 3.49. The third kappa shape index (κ3) is 2.27. The summed E-state index contributed by atoms with van der Waals surface area (Å²) in [5, 5.41) is 15.0. The molecule has 0 saturated carbocycles. The first-order valence-electron chi connectivity index (χ1n) is 6.45. The zero-order valence-electron chi connectivity index (χ0n) is 11.1. The van der Waals surface area contributed by atoms with E-state index in [2.05, 4.69) is 15.3 Å². The fourth-order valence-electron chi connectivity index (χ4n) is 2.15.